The second-order valence-electron chi connectivity index (χ2n) is 6.02. The van der Waals surface area contributed by atoms with Crippen molar-refractivity contribution in [2.45, 2.75) is 58.8 Å². The van der Waals surface area contributed by atoms with Crippen LogP contribution in [0.4, 0.5) is 0 Å². The molecule has 0 saturated heterocycles. The van der Waals surface area contributed by atoms with Crippen LogP contribution in [0.15, 0.2) is 0 Å². The molecule has 0 aromatic rings. The molecule has 0 spiro atoms. The third-order valence-electron chi connectivity index (χ3n) is 4.24. The Kier molecular flexibility index (Phi) is 8.31. The van der Waals surface area contributed by atoms with Crippen LogP contribution in [0.3, 0.4) is 0 Å². The number of ketones is 5. The first-order chi connectivity index (χ1) is 11.8. The van der Waals surface area contributed by atoms with Gasteiger partial charge in [0.1, 0.15) is 0 Å². The topological polar surface area (TPSA) is 112 Å². The van der Waals surface area contributed by atoms with E-state index in [0.29, 0.717) is 32.3 Å². The Morgan fingerprint density at radius 2 is 1.56 bits per heavy atom. The van der Waals surface area contributed by atoms with E-state index in [0.717, 1.165) is 6.42 Å². The van der Waals surface area contributed by atoms with Crippen molar-refractivity contribution in [3.8, 4) is 0 Å². The van der Waals surface area contributed by atoms with Crippen LogP contribution in [-0.4, -0.2) is 41.5 Å². The number of unbranched alkanes of at least 4 members (excludes halogenated alkanes) is 3. The fourth-order valence-electron chi connectivity index (χ4n) is 2.83. The van der Waals surface area contributed by atoms with Crippen molar-refractivity contribution in [1.82, 2.24) is 0 Å². The van der Waals surface area contributed by atoms with Crippen molar-refractivity contribution in [3.63, 3.8) is 0 Å². The average molecular weight is 352 g/mol. The summed E-state index contributed by atoms with van der Waals surface area (Å²) in [6, 6.07) is 0. The smallest absolute Gasteiger partial charge is 0.305 e. The number of ether oxygens (including phenoxy) is 1. The molecule has 7 heteroatoms. The molecule has 1 rings (SSSR count). The summed E-state index contributed by atoms with van der Waals surface area (Å²) in [5, 5.41) is 0. The highest BCUT2D eigenvalue weighted by molar-refractivity contribution is 6.61. The summed E-state index contributed by atoms with van der Waals surface area (Å²) in [7, 11) is 0. The van der Waals surface area contributed by atoms with Gasteiger partial charge in [-0.15, -0.1) is 0 Å². The van der Waals surface area contributed by atoms with E-state index in [1.54, 1.807) is 6.92 Å². The van der Waals surface area contributed by atoms with Crippen LogP contribution >= 0.6 is 0 Å². The molecule has 1 saturated carbocycles. The van der Waals surface area contributed by atoms with Crippen molar-refractivity contribution in [2.24, 2.45) is 11.8 Å². The number of hydrogen-bond donors (Lipinski definition) is 0. The predicted octanol–water partition coefficient (Wildman–Crippen LogP) is 1.39. The quantitative estimate of drug-likeness (QED) is 0.239. The second-order valence-corrected chi connectivity index (χ2v) is 6.02. The van der Waals surface area contributed by atoms with Crippen molar-refractivity contribution < 1.29 is 33.5 Å². The van der Waals surface area contributed by atoms with Gasteiger partial charge in [-0.3, -0.25) is 28.8 Å². The Morgan fingerprint density at radius 3 is 2.16 bits per heavy atom. The maximum atomic E-state index is 12.2. The fraction of sp³-hybridized carbons (Fsp3) is 0.667. The highest BCUT2D eigenvalue weighted by Gasteiger charge is 2.52. The minimum atomic E-state index is -1.73. The fourth-order valence-corrected chi connectivity index (χ4v) is 2.83. The van der Waals surface area contributed by atoms with E-state index in [9.17, 15) is 28.8 Å². The third kappa shape index (κ3) is 5.41. The molecule has 0 aromatic carbocycles. The molecule has 2 atom stereocenters. The molecule has 25 heavy (non-hydrogen) atoms. The van der Waals surface area contributed by atoms with E-state index in [4.69, 9.17) is 4.74 Å². The van der Waals surface area contributed by atoms with E-state index in [1.165, 1.54) is 6.92 Å². The lowest BCUT2D eigenvalue weighted by Gasteiger charge is -2.07. The Labute approximate surface area is 146 Å². The summed E-state index contributed by atoms with van der Waals surface area (Å²) in [5.74, 6) is -7.63. The van der Waals surface area contributed by atoms with E-state index < -0.39 is 40.8 Å². The molecule has 7 nitrogen and oxygen atoms in total. The number of carbonyl (C=O) groups excluding carboxylic acids is 6. The van der Waals surface area contributed by atoms with E-state index in [2.05, 4.69) is 0 Å². The molecule has 0 heterocycles. The van der Waals surface area contributed by atoms with Gasteiger partial charge in [-0.25, -0.2) is 0 Å². The highest BCUT2D eigenvalue weighted by atomic mass is 16.5. The highest BCUT2D eigenvalue weighted by Crippen LogP contribution is 2.27. The van der Waals surface area contributed by atoms with Gasteiger partial charge in [-0.05, 0) is 19.8 Å². The molecular weight excluding hydrogens is 328 g/mol. The lowest BCUT2D eigenvalue weighted by molar-refractivity contribution is -0.145. The molecular formula is C18H24O7. The van der Waals surface area contributed by atoms with E-state index in [-0.39, 0.29) is 18.8 Å². The molecule has 0 aromatic heterocycles. The zero-order valence-corrected chi connectivity index (χ0v) is 14.7. The number of esters is 1. The van der Waals surface area contributed by atoms with Crippen molar-refractivity contribution in [3.05, 3.63) is 0 Å². The van der Waals surface area contributed by atoms with Crippen molar-refractivity contribution >= 4 is 34.9 Å². The standard InChI is InChI=1S/C18H24O7/c1-3-12(19)17(23)14-15(21)11(16(22)18(14)24)9-7-5-6-8-10-13(20)25-4-2/h11,14H,3-10H2,1-2H3. The van der Waals surface area contributed by atoms with E-state index in [1.807, 2.05) is 0 Å². The second kappa shape index (κ2) is 9.96. The average Bonchev–Trinajstić information content (AvgIpc) is 2.79. The summed E-state index contributed by atoms with van der Waals surface area (Å²) in [6.07, 6.45) is 3.01. The van der Waals surface area contributed by atoms with Gasteiger partial charge in [0.05, 0.1) is 12.5 Å². The zero-order valence-electron chi connectivity index (χ0n) is 14.7. The largest absolute Gasteiger partial charge is 0.466 e. The van der Waals surface area contributed by atoms with E-state index >= 15 is 0 Å². The molecule has 0 radical (unpaired) electrons. The maximum Gasteiger partial charge on any atom is 0.305 e. The first-order valence-corrected chi connectivity index (χ1v) is 8.69. The molecule has 138 valence electrons. The van der Waals surface area contributed by atoms with Gasteiger partial charge < -0.3 is 4.74 Å². The maximum absolute atomic E-state index is 12.2. The van der Waals surface area contributed by atoms with Crippen LogP contribution in [0.25, 0.3) is 0 Å². The van der Waals surface area contributed by atoms with Crippen LogP contribution in [0.5, 0.6) is 0 Å². The Bertz CT molecular complexity index is 576. The van der Waals surface area contributed by atoms with Crippen LogP contribution in [0, 0.1) is 11.8 Å². The third-order valence-corrected chi connectivity index (χ3v) is 4.24. The molecule has 0 bridgehead atoms. The first-order valence-electron chi connectivity index (χ1n) is 8.69. The number of carbonyl (C=O) groups is 6. The zero-order chi connectivity index (χ0) is 19.0. The number of hydrogen-bond acceptors (Lipinski definition) is 7. The summed E-state index contributed by atoms with van der Waals surface area (Å²) in [6.45, 7) is 3.54. The first kappa shape index (κ1) is 20.9. The van der Waals surface area contributed by atoms with Gasteiger partial charge in [-0.2, -0.15) is 0 Å². The predicted molar refractivity (Wildman–Crippen MR) is 86.6 cm³/mol. The minimum Gasteiger partial charge on any atom is -0.466 e. The monoisotopic (exact) mass is 352 g/mol. The molecule has 1 aliphatic rings. The molecule has 0 amide bonds. The van der Waals surface area contributed by atoms with Crippen molar-refractivity contribution in [1.29, 1.82) is 0 Å². The Hall–Kier alpha value is -2.18. The summed E-state index contributed by atoms with van der Waals surface area (Å²) < 4.78 is 4.81. The lowest BCUT2D eigenvalue weighted by atomic mass is 9.92. The van der Waals surface area contributed by atoms with Gasteiger partial charge in [0.2, 0.25) is 17.3 Å². The molecule has 0 aliphatic heterocycles. The summed E-state index contributed by atoms with van der Waals surface area (Å²) in [4.78, 5) is 70.4. The minimum absolute atomic E-state index is 0.102. The van der Waals surface area contributed by atoms with Gasteiger partial charge >= 0.3 is 5.97 Å². The summed E-state index contributed by atoms with van der Waals surface area (Å²) >= 11 is 0. The van der Waals surface area contributed by atoms with Gasteiger partial charge in [0.25, 0.3) is 0 Å². The molecule has 1 aliphatic carbocycles. The van der Waals surface area contributed by atoms with Crippen molar-refractivity contribution in [2.75, 3.05) is 6.61 Å². The van der Waals surface area contributed by atoms with Gasteiger partial charge in [0.15, 0.2) is 17.5 Å². The number of Topliss-reactive ketones (excluding diaryl/α,β-unsaturated/α-hetero) is 5. The van der Waals surface area contributed by atoms with Crippen LogP contribution in [0.1, 0.15) is 58.8 Å². The van der Waals surface area contributed by atoms with Crippen LogP contribution in [0.2, 0.25) is 0 Å². The molecule has 2 unspecified atom stereocenters. The molecule has 1 fully saturated rings. The summed E-state index contributed by atoms with van der Waals surface area (Å²) in [5.41, 5.74) is 0. The van der Waals surface area contributed by atoms with Gasteiger partial charge in [-0.1, -0.05) is 26.2 Å². The Balaban J connectivity index is 2.44. The number of rotatable bonds is 11. The van der Waals surface area contributed by atoms with Gasteiger partial charge in [0, 0.05) is 12.8 Å². The normalized spacial score (nSPS) is 20.0. The lowest BCUT2D eigenvalue weighted by Crippen LogP contribution is -2.32. The molecule has 0 N–H and O–H groups in total. The Morgan fingerprint density at radius 1 is 0.920 bits per heavy atom. The SMILES string of the molecule is CCOC(=O)CCCCCCC1C(=O)C(=O)C(C(=O)C(=O)CC)C1=O. The van der Waals surface area contributed by atoms with Crippen LogP contribution < -0.4 is 0 Å². The van der Waals surface area contributed by atoms with Crippen LogP contribution in [-0.2, 0) is 33.5 Å².